The zero-order chi connectivity index (χ0) is 17.1. The second-order valence-electron chi connectivity index (χ2n) is 6.36. The average Bonchev–Trinajstić information content (AvgIpc) is 3.01. The lowest BCUT2D eigenvalue weighted by Gasteiger charge is -2.18. The van der Waals surface area contributed by atoms with Crippen LogP contribution < -0.4 is 10.6 Å². The predicted octanol–water partition coefficient (Wildman–Crippen LogP) is 5.64. The van der Waals surface area contributed by atoms with Gasteiger partial charge < -0.3 is 15.1 Å². The fourth-order valence-corrected chi connectivity index (χ4v) is 3.45. The zero-order valence-electron chi connectivity index (χ0n) is 14.0. The van der Waals surface area contributed by atoms with E-state index < -0.39 is 0 Å². The van der Waals surface area contributed by atoms with Gasteiger partial charge in [-0.05, 0) is 60.9 Å². The standard InChI is InChI=1S/C21H21ClN2O/c22-16-9-7-15(8-10-16)21-12-11-17(25-21)14-24-20-6-3-13-23-19-5-2-1-4-18(19)20/h1-2,4-5,7-12,20,23-24H,3,6,13-14H2. The number of fused-ring (bicyclic) bond motifs is 1. The minimum absolute atomic E-state index is 0.343. The van der Waals surface area contributed by atoms with Crippen molar-refractivity contribution in [3.05, 3.63) is 77.0 Å². The van der Waals surface area contributed by atoms with Crippen molar-refractivity contribution in [2.75, 3.05) is 11.9 Å². The molecule has 1 aromatic heterocycles. The van der Waals surface area contributed by atoms with Crippen LogP contribution in [-0.2, 0) is 6.54 Å². The van der Waals surface area contributed by atoms with Gasteiger partial charge in [0.1, 0.15) is 11.5 Å². The summed E-state index contributed by atoms with van der Waals surface area (Å²) in [6.07, 6.45) is 2.27. The van der Waals surface area contributed by atoms with Gasteiger partial charge in [-0.3, -0.25) is 0 Å². The van der Waals surface area contributed by atoms with Crippen molar-refractivity contribution in [1.29, 1.82) is 0 Å². The highest BCUT2D eigenvalue weighted by molar-refractivity contribution is 6.30. The molecule has 0 radical (unpaired) electrons. The summed E-state index contributed by atoms with van der Waals surface area (Å²) in [5.74, 6) is 1.82. The number of nitrogens with one attached hydrogen (secondary N) is 2. The van der Waals surface area contributed by atoms with Crippen molar-refractivity contribution in [3.8, 4) is 11.3 Å². The van der Waals surface area contributed by atoms with Crippen LogP contribution in [0.15, 0.2) is 65.1 Å². The maximum absolute atomic E-state index is 6.00. The number of furan rings is 1. The second-order valence-corrected chi connectivity index (χ2v) is 6.80. The van der Waals surface area contributed by atoms with E-state index in [0.717, 1.165) is 41.5 Å². The van der Waals surface area contributed by atoms with Gasteiger partial charge in [0.25, 0.3) is 0 Å². The Morgan fingerprint density at radius 1 is 1.04 bits per heavy atom. The van der Waals surface area contributed by atoms with E-state index in [1.807, 2.05) is 36.4 Å². The van der Waals surface area contributed by atoms with Crippen LogP contribution in [-0.4, -0.2) is 6.54 Å². The topological polar surface area (TPSA) is 37.2 Å². The molecule has 1 unspecified atom stereocenters. The van der Waals surface area contributed by atoms with Gasteiger partial charge in [0.15, 0.2) is 0 Å². The average molecular weight is 353 g/mol. The fourth-order valence-electron chi connectivity index (χ4n) is 3.32. The van der Waals surface area contributed by atoms with E-state index in [9.17, 15) is 0 Å². The number of hydrogen-bond donors (Lipinski definition) is 2. The molecule has 0 amide bonds. The molecule has 128 valence electrons. The smallest absolute Gasteiger partial charge is 0.134 e. The normalized spacial score (nSPS) is 16.8. The maximum atomic E-state index is 6.00. The Morgan fingerprint density at radius 3 is 2.76 bits per heavy atom. The molecule has 0 saturated carbocycles. The molecule has 0 aliphatic carbocycles. The first-order valence-corrected chi connectivity index (χ1v) is 9.08. The van der Waals surface area contributed by atoms with E-state index in [1.54, 1.807) is 0 Å². The number of rotatable bonds is 4. The molecule has 3 aromatic rings. The number of hydrogen-bond acceptors (Lipinski definition) is 3. The third kappa shape index (κ3) is 3.73. The highest BCUT2D eigenvalue weighted by Crippen LogP contribution is 2.30. The van der Waals surface area contributed by atoms with Gasteiger partial charge in [0.2, 0.25) is 0 Å². The quantitative estimate of drug-likeness (QED) is 0.638. The van der Waals surface area contributed by atoms with Gasteiger partial charge in [-0.25, -0.2) is 0 Å². The Labute approximate surface area is 153 Å². The van der Waals surface area contributed by atoms with Crippen LogP contribution in [0.25, 0.3) is 11.3 Å². The van der Waals surface area contributed by atoms with Gasteiger partial charge in [-0.15, -0.1) is 0 Å². The first kappa shape index (κ1) is 16.2. The second kappa shape index (κ2) is 7.34. The highest BCUT2D eigenvalue weighted by Gasteiger charge is 2.18. The van der Waals surface area contributed by atoms with Crippen LogP contribution in [0.2, 0.25) is 5.02 Å². The molecule has 0 saturated heterocycles. The lowest BCUT2D eigenvalue weighted by atomic mass is 10.0. The Bertz CT molecular complexity index is 841. The van der Waals surface area contributed by atoms with Gasteiger partial charge in [-0.1, -0.05) is 29.8 Å². The molecule has 1 aliphatic heterocycles. The molecule has 4 heteroatoms. The van der Waals surface area contributed by atoms with Crippen LogP contribution in [0.5, 0.6) is 0 Å². The fraction of sp³-hybridized carbons (Fsp3) is 0.238. The van der Waals surface area contributed by atoms with E-state index in [0.29, 0.717) is 12.6 Å². The third-order valence-corrected chi connectivity index (χ3v) is 4.89. The summed E-state index contributed by atoms with van der Waals surface area (Å²) in [4.78, 5) is 0. The lowest BCUT2D eigenvalue weighted by molar-refractivity contribution is 0.441. The molecule has 2 N–H and O–H groups in total. The SMILES string of the molecule is Clc1ccc(-c2ccc(CNC3CCCNc4ccccc43)o2)cc1. The van der Waals surface area contributed by atoms with Crippen LogP contribution >= 0.6 is 11.6 Å². The van der Waals surface area contributed by atoms with E-state index in [1.165, 1.54) is 11.3 Å². The summed E-state index contributed by atoms with van der Waals surface area (Å²) >= 11 is 5.95. The molecule has 2 heterocycles. The summed E-state index contributed by atoms with van der Waals surface area (Å²) < 4.78 is 6.00. The van der Waals surface area contributed by atoms with E-state index in [2.05, 4.69) is 34.9 Å². The van der Waals surface area contributed by atoms with Crippen molar-refractivity contribution in [2.45, 2.75) is 25.4 Å². The van der Waals surface area contributed by atoms with E-state index in [-0.39, 0.29) is 0 Å². The molecule has 1 atom stereocenters. The predicted molar refractivity (Wildman–Crippen MR) is 103 cm³/mol. The minimum Gasteiger partial charge on any atom is -0.460 e. The Morgan fingerprint density at radius 2 is 1.88 bits per heavy atom. The van der Waals surface area contributed by atoms with E-state index >= 15 is 0 Å². The molecule has 2 aromatic carbocycles. The maximum Gasteiger partial charge on any atom is 0.134 e. The third-order valence-electron chi connectivity index (χ3n) is 4.63. The molecule has 3 nitrogen and oxygen atoms in total. The summed E-state index contributed by atoms with van der Waals surface area (Å²) in [6.45, 7) is 1.74. The van der Waals surface area contributed by atoms with E-state index in [4.69, 9.17) is 16.0 Å². The molecule has 0 fully saturated rings. The van der Waals surface area contributed by atoms with Gasteiger partial charge in [0.05, 0.1) is 6.54 Å². The molecule has 0 spiro atoms. The van der Waals surface area contributed by atoms with Crippen molar-refractivity contribution < 1.29 is 4.42 Å². The number of anilines is 1. The Balaban J connectivity index is 1.46. The molecular weight excluding hydrogens is 332 g/mol. The van der Waals surface area contributed by atoms with Gasteiger partial charge >= 0.3 is 0 Å². The van der Waals surface area contributed by atoms with Crippen molar-refractivity contribution in [2.24, 2.45) is 0 Å². The van der Waals surface area contributed by atoms with Crippen LogP contribution in [0, 0.1) is 0 Å². The van der Waals surface area contributed by atoms with Crippen molar-refractivity contribution in [3.63, 3.8) is 0 Å². The molecule has 1 aliphatic rings. The number of para-hydroxylation sites is 1. The monoisotopic (exact) mass is 352 g/mol. The van der Waals surface area contributed by atoms with Gasteiger partial charge in [0, 0.05) is 28.9 Å². The summed E-state index contributed by atoms with van der Waals surface area (Å²) in [7, 11) is 0. The summed E-state index contributed by atoms with van der Waals surface area (Å²) in [6, 6.07) is 20.7. The molecule has 4 rings (SSSR count). The minimum atomic E-state index is 0.343. The highest BCUT2D eigenvalue weighted by atomic mass is 35.5. The Hall–Kier alpha value is -2.23. The zero-order valence-corrected chi connectivity index (χ0v) is 14.7. The van der Waals surface area contributed by atoms with Crippen molar-refractivity contribution >= 4 is 17.3 Å². The van der Waals surface area contributed by atoms with Crippen LogP contribution in [0.1, 0.15) is 30.2 Å². The Kier molecular flexibility index (Phi) is 4.77. The summed E-state index contributed by atoms with van der Waals surface area (Å²) in [5, 5.41) is 7.90. The van der Waals surface area contributed by atoms with Crippen LogP contribution in [0.3, 0.4) is 0 Å². The first-order valence-electron chi connectivity index (χ1n) is 8.70. The van der Waals surface area contributed by atoms with Gasteiger partial charge in [-0.2, -0.15) is 0 Å². The molecular formula is C21H21ClN2O. The molecule has 0 bridgehead atoms. The lowest BCUT2D eigenvalue weighted by Crippen LogP contribution is -2.20. The largest absolute Gasteiger partial charge is 0.460 e. The number of halogens is 1. The van der Waals surface area contributed by atoms with Crippen molar-refractivity contribution in [1.82, 2.24) is 5.32 Å². The molecule has 25 heavy (non-hydrogen) atoms. The van der Waals surface area contributed by atoms with Crippen LogP contribution in [0.4, 0.5) is 5.69 Å². The first-order chi connectivity index (χ1) is 12.3. The number of benzene rings is 2. The summed E-state index contributed by atoms with van der Waals surface area (Å²) in [5.41, 5.74) is 3.61.